The molecule has 4 heteroatoms. The van der Waals surface area contributed by atoms with Crippen molar-refractivity contribution in [2.24, 2.45) is 0 Å². The average molecular weight is 743 g/mol. The first-order valence-electron chi connectivity index (χ1n) is 19.9. The molecule has 58 heavy (non-hydrogen) atoms. The van der Waals surface area contributed by atoms with Crippen molar-refractivity contribution < 1.29 is 0 Å². The van der Waals surface area contributed by atoms with E-state index in [9.17, 15) is 0 Å². The summed E-state index contributed by atoms with van der Waals surface area (Å²) in [6.07, 6.45) is 0. The summed E-state index contributed by atoms with van der Waals surface area (Å²) in [7, 11) is 0. The molecule has 0 radical (unpaired) electrons. The maximum absolute atomic E-state index is 5.16. The van der Waals surface area contributed by atoms with Crippen molar-refractivity contribution in [1.29, 1.82) is 0 Å². The fourth-order valence-electron chi connectivity index (χ4n) is 9.13. The highest BCUT2D eigenvalue weighted by Gasteiger charge is 2.37. The Labute approximate surface area is 337 Å². The van der Waals surface area contributed by atoms with Gasteiger partial charge in [0.1, 0.15) is 0 Å². The molecular weight excluding hydrogens is 705 g/mol. The highest BCUT2D eigenvalue weighted by molar-refractivity contribution is 6.14. The molecule has 1 aliphatic carbocycles. The lowest BCUT2D eigenvalue weighted by atomic mass is 9.79. The van der Waals surface area contributed by atoms with Crippen LogP contribution in [0.25, 0.3) is 95.0 Å². The van der Waals surface area contributed by atoms with Crippen LogP contribution in [0.2, 0.25) is 0 Å². The lowest BCUT2D eigenvalue weighted by molar-refractivity contribution is 0.662. The number of hydrogen-bond acceptors (Lipinski definition) is 3. The number of aromatic nitrogens is 4. The first-order valence-corrected chi connectivity index (χ1v) is 19.9. The van der Waals surface area contributed by atoms with Crippen LogP contribution in [0.15, 0.2) is 194 Å². The zero-order valence-electron chi connectivity index (χ0n) is 32.3. The Morgan fingerprint density at radius 2 is 0.914 bits per heavy atom. The highest BCUT2D eigenvalue weighted by Crippen LogP contribution is 2.52. The minimum Gasteiger partial charge on any atom is -0.308 e. The molecular formula is C54H38N4. The maximum Gasteiger partial charge on any atom is 0.166 e. The van der Waals surface area contributed by atoms with Gasteiger partial charge in [-0.3, -0.25) is 0 Å². The van der Waals surface area contributed by atoms with Crippen LogP contribution in [0.3, 0.4) is 0 Å². The SMILES string of the molecule is CC1(C)c2ccccc2-c2cccc(-c3ccc(-c4ccc5c(c4)c4cccc(-c6nc(-c7ccccc7)nc(-c7ccccc7)n6)c4n5-c4ccccc4)cc3)c21. The van der Waals surface area contributed by atoms with Crippen LogP contribution in [0.5, 0.6) is 0 Å². The second kappa shape index (κ2) is 13.4. The van der Waals surface area contributed by atoms with Crippen molar-refractivity contribution >= 4 is 21.8 Å². The molecule has 0 saturated heterocycles. The van der Waals surface area contributed by atoms with E-state index in [1.54, 1.807) is 0 Å². The first kappa shape index (κ1) is 33.9. The molecule has 0 aliphatic heterocycles. The Hall–Kier alpha value is -7.43. The van der Waals surface area contributed by atoms with Crippen LogP contribution in [0, 0.1) is 0 Å². The maximum atomic E-state index is 5.16. The van der Waals surface area contributed by atoms with Crippen LogP contribution in [0.1, 0.15) is 25.0 Å². The lowest BCUT2D eigenvalue weighted by Crippen LogP contribution is -2.16. The molecule has 2 aromatic heterocycles. The Kier molecular flexibility index (Phi) is 7.80. The summed E-state index contributed by atoms with van der Waals surface area (Å²) in [5.41, 5.74) is 16.4. The largest absolute Gasteiger partial charge is 0.308 e. The zero-order valence-corrected chi connectivity index (χ0v) is 32.3. The van der Waals surface area contributed by atoms with Gasteiger partial charge in [-0.25, -0.2) is 15.0 Å². The van der Waals surface area contributed by atoms with Crippen molar-refractivity contribution in [1.82, 2.24) is 19.5 Å². The van der Waals surface area contributed by atoms with Crippen LogP contribution < -0.4 is 0 Å². The third kappa shape index (κ3) is 5.41. The van der Waals surface area contributed by atoms with Crippen LogP contribution in [-0.2, 0) is 5.41 Å². The summed E-state index contributed by atoms with van der Waals surface area (Å²) < 4.78 is 2.36. The molecule has 4 nitrogen and oxygen atoms in total. The third-order valence-corrected chi connectivity index (χ3v) is 11.9. The number of benzene rings is 8. The predicted molar refractivity (Wildman–Crippen MR) is 239 cm³/mol. The van der Waals surface area contributed by atoms with Crippen molar-refractivity contribution in [3.8, 4) is 73.2 Å². The molecule has 0 bridgehead atoms. The molecule has 0 spiro atoms. The summed E-state index contributed by atoms with van der Waals surface area (Å²) in [6.45, 7) is 4.71. The van der Waals surface area contributed by atoms with Gasteiger partial charge in [-0.2, -0.15) is 0 Å². The van der Waals surface area contributed by atoms with Crippen LogP contribution in [-0.4, -0.2) is 19.5 Å². The lowest BCUT2D eigenvalue weighted by Gasteiger charge is -2.24. The molecule has 0 saturated carbocycles. The van der Waals surface area contributed by atoms with E-state index in [1.165, 1.54) is 49.9 Å². The third-order valence-electron chi connectivity index (χ3n) is 11.9. The Morgan fingerprint density at radius 1 is 0.379 bits per heavy atom. The molecule has 11 rings (SSSR count). The van der Waals surface area contributed by atoms with E-state index in [-0.39, 0.29) is 5.41 Å². The monoisotopic (exact) mass is 742 g/mol. The van der Waals surface area contributed by atoms with E-state index in [2.05, 4.69) is 176 Å². The second-order valence-corrected chi connectivity index (χ2v) is 15.6. The number of fused-ring (bicyclic) bond motifs is 6. The highest BCUT2D eigenvalue weighted by atomic mass is 15.0. The molecule has 8 aromatic carbocycles. The van der Waals surface area contributed by atoms with Crippen molar-refractivity contribution in [2.75, 3.05) is 0 Å². The summed E-state index contributed by atoms with van der Waals surface area (Å²) >= 11 is 0. The van der Waals surface area contributed by atoms with Crippen LogP contribution in [0.4, 0.5) is 0 Å². The van der Waals surface area contributed by atoms with Gasteiger partial charge in [0.15, 0.2) is 17.5 Å². The second-order valence-electron chi connectivity index (χ2n) is 15.6. The van der Waals surface area contributed by atoms with Gasteiger partial charge in [-0.1, -0.05) is 178 Å². The molecule has 0 unspecified atom stereocenters. The number of rotatable bonds is 6. The van der Waals surface area contributed by atoms with E-state index >= 15 is 0 Å². The normalized spacial score (nSPS) is 12.8. The topological polar surface area (TPSA) is 43.6 Å². The Bertz CT molecular complexity index is 3110. The molecule has 2 heterocycles. The quantitative estimate of drug-likeness (QED) is 0.170. The minimum absolute atomic E-state index is 0.0778. The minimum atomic E-state index is -0.0778. The van der Waals surface area contributed by atoms with Gasteiger partial charge in [-0.15, -0.1) is 0 Å². The van der Waals surface area contributed by atoms with E-state index in [0.717, 1.165) is 38.8 Å². The molecule has 10 aromatic rings. The van der Waals surface area contributed by atoms with Crippen molar-refractivity contribution in [2.45, 2.75) is 19.3 Å². The van der Waals surface area contributed by atoms with Crippen molar-refractivity contribution in [3.05, 3.63) is 205 Å². The summed E-state index contributed by atoms with van der Waals surface area (Å²) in [5.74, 6) is 1.92. The van der Waals surface area contributed by atoms with E-state index in [4.69, 9.17) is 15.0 Å². The average Bonchev–Trinajstić information content (AvgIpc) is 3.75. The molecule has 1 aliphatic rings. The van der Waals surface area contributed by atoms with Gasteiger partial charge in [-0.05, 0) is 74.8 Å². The fraction of sp³-hybridized carbons (Fsp3) is 0.0556. The van der Waals surface area contributed by atoms with Gasteiger partial charge in [0, 0.05) is 38.6 Å². The number of hydrogen-bond donors (Lipinski definition) is 0. The predicted octanol–water partition coefficient (Wildman–Crippen LogP) is 13.6. The van der Waals surface area contributed by atoms with Gasteiger partial charge >= 0.3 is 0 Å². The number of para-hydroxylation sites is 2. The molecule has 274 valence electrons. The van der Waals surface area contributed by atoms with Gasteiger partial charge in [0.2, 0.25) is 0 Å². The van der Waals surface area contributed by atoms with E-state index in [1.807, 2.05) is 36.4 Å². The van der Waals surface area contributed by atoms with E-state index in [0.29, 0.717) is 17.5 Å². The van der Waals surface area contributed by atoms with Gasteiger partial charge < -0.3 is 4.57 Å². The van der Waals surface area contributed by atoms with Crippen molar-refractivity contribution in [3.63, 3.8) is 0 Å². The number of nitrogens with zero attached hydrogens (tertiary/aromatic N) is 4. The Balaban J connectivity index is 1.07. The Morgan fingerprint density at radius 3 is 1.62 bits per heavy atom. The summed E-state index contributed by atoms with van der Waals surface area (Å²) in [5, 5.41) is 2.31. The molecule has 0 N–H and O–H groups in total. The summed E-state index contributed by atoms with van der Waals surface area (Å²) in [4.78, 5) is 15.3. The van der Waals surface area contributed by atoms with Gasteiger partial charge in [0.05, 0.1) is 11.0 Å². The smallest absolute Gasteiger partial charge is 0.166 e. The molecule has 0 amide bonds. The zero-order chi connectivity index (χ0) is 38.8. The summed E-state index contributed by atoms with van der Waals surface area (Å²) in [6, 6.07) is 69.0. The van der Waals surface area contributed by atoms with Crippen LogP contribution >= 0.6 is 0 Å². The molecule has 0 fully saturated rings. The standard InChI is InChI=1S/C54H38N4/c1-54(2)47-27-13-12-22-42(47)43-24-14-23-41(49(43)54)36-30-28-35(29-31-36)39-32-33-48-46(34-39)44-25-15-26-45(50(44)58(48)40-20-10-5-11-21-40)53-56-51(37-16-6-3-7-17-37)55-52(57-53)38-18-8-4-9-19-38/h3-34H,1-2H3. The first-order chi connectivity index (χ1) is 28.5. The molecule has 0 atom stereocenters. The fourth-order valence-corrected chi connectivity index (χ4v) is 9.13. The van der Waals surface area contributed by atoms with Gasteiger partial charge in [0.25, 0.3) is 0 Å². The van der Waals surface area contributed by atoms with E-state index < -0.39 is 0 Å².